The summed E-state index contributed by atoms with van der Waals surface area (Å²) in [6.07, 6.45) is -1.13. The van der Waals surface area contributed by atoms with Gasteiger partial charge in [0.1, 0.15) is 0 Å². The van der Waals surface area contributed by atoms with Gasteiger partial charge in [0.25, 0.3) is 0 Å². The van der Waals surface area contributed by atoms with E-state index in [-0.39, 0.29) is 24.4 Å². The Morgan fingerprint density at radius 1 is 0.545 bits per heavy atom. The second-order valence-corrected chi connectivity index (χ2v) is 14.9. The maximum absolute atomic E-state index is 12.7. The molecule has 0 aromatic carbocycles. The van der Waals surface area contributed by atoms with Gasteiger partial charge in [-0.1, -0.05) is 0 Å². The van der Waals surface area contributed by atoms with E-state index in [0.29, 0.717) is 0 Å². The molecule has 0 N–H and O–H groups in total. The smallest absolute Gasteiger partial charge is 0.297 e. The van der Waals surface area contributed by atoms with E-state index in [1.165, 1.54) is 0 Å². The Morgan fingerprint density at radius 2 is 0.727 bits per heavy atom. The van der Waals surface area contributed by atoms with E-state index >= 15 is 0 Å². The molecule has 10 heteroatoms. The van der Waals surface area contributed by atoms with E-state index in [9.17, 15) is 9.13 Å². The summed E-state index contributed by atoms with van der Waals surface area (Å²) in [7, 11) is 1.57. The molecule has 22 heavy (non-hydrogen) atoms. The quantitative estimate of drug-likeness (QED) is 0.299. The van der Waals surface area contributed by atoms with Gasteiger partial charge in [0.05, 0.1) is 24.4 Å². The van der Waals surface area contributed by atoms with Crippen LogP contribution in [0, 0.1) is 0 Å². The lowest BCUT2D eigenvalue weighted by Gasteiger charge is -2.24. The Hall–Kier alpha value is 1.00. The Labute approximate surface area is 141 Å². The van der Waals surface area contributed by atoms with Crippen LogP contribution in [-0.2, 0) is 27.2 Å². The normalized spacial score (nSPS) is 13.8. The fourth-order valence-corrected chi connectivity index (χ4v) is 13.8. The van der Waals surface area contributed by atoms with Gasteiger partial charge in [-0.15, -0.1) is 0 Å². The molecule has 0 heterocycles. The zero-order valence-electron chi connectivity index (χ0n) is 14.5. The molecule has 0 atom stereocenters. The molecule has 134 valence electrons. The third-order valence-electron chi connectivity index (χ3n) is 1.58. The van der Waals surface area contributed by atoms with E-state index in [0.717, 1.165) is 20.8 Å². The molecule has 0 aromatic heterocycles. The van der Waals surface area contributed by atoms with Crippen molar-refractivity contribution in [2.45, 2.75) is 79.8 Å². The number of hydrogen-bond donors (Lipinski definition) is 0. The maximum atomic E-state index is 12.7. The van der Waals surface area contributed by atoms with Crippen molar-refractivity contribution in [3.05, 3.63) is 0 Å². The van der Waals surface area contributed by atoms with Gasteiger partial charge in [0.2, 0.25) is 0 Å². The molecule has 0 fully saturated rings. The molecular weight excluding hydrogens is 366 g/mol. The summed E-state index contributed by atoms with van der Waals surface area (Å²) in [6.45, 7) is 7.15. The van der Waals surface area contributed by atoms with Gasteiger partial charge in [-0.2, -0.15) is 0 Å². The lowest BCUT2D eigenvalue weighted by molar-refractivity contribution is 0.154. The molecule has 0 rings (SSSR count). The van der Waals surface area contributed by atoms with Crippen LogP contribution in [-0.4, -0.2) is 24.4 Å². The highest BCUT2D eigenvalue weighted by atomic mass is 33.5. The number of rotatable bonds is 11. The van der Waals surface area contributed by atoms with Crippen molar-refractivity contribution < 1.29 is 27.2 Å². The van der Waals surface area contributed by atoms with Crippen LogP contribution < -0.4 is 0 Å². The van der Waals surface area contributed by atoms with E-state index in [2.05, 4.69) is 0 Å². The first-order chi connectivity index (χ1) is 9.87. The van der Waals surface area contributed by atoms with Crippen molar-refractivity contribution in [1.82, 2.24) is 0 Å². The summed E-state index contributed by atoms with van der Waals surface area (Å²) < 4.78 is 47.0. The average molecular weight is 394 g/mol. The van der Waals surface area contributed by atoms with E-state index in [4.69, 9.17) is 18.1 Å². The first kappa shape index (κ1) is 23.0. The van der Waals surface area contributed by atoms with Crippen molar-refractivity contribution in [1.29, 1.82) is 0 Å². The first-order valence-corrected chi connectivity index (χ1v) is 13.6. The maximum Gasteiger partial charge on any atom is 0.400 e. The van der Waals surface area contributed by atoms with Crippen LogP contribution in [0.1, 0.15) is 55.4 Å². The SMILES string of the molecule is CC(C)OP(=O)(OC(C)C)SSP(=O)(OC(C)C)OC(C)C. The Morgan fingerprint density at radius 3 is 0.864 bits per heavy atom. The molecule has 0 saturated carbocycles. The van der Waals surface area contributed by atoms with Crippen LogP contribution in [0.25, 0.3) is 0 Å². The third kappa shape index (κ3) is 10.7. The second-order valence-electron chi connectivity index (χ2n) is 5.66. The molecule has 6 nitrogen and oxygen atoms in total. The summed E-state index contributed by atoms with van der Waals surface area (Å²) in [5, 5.41) is 0. The standard InChI is InChI=1S/C12H28O6P2S2/c1-9(2)15-19(13,16-10(3)4)21-22-20(14,17-11(5)6)18-12(7)8/h9-12H,1-8H3. The van der Waals surface area contributed by atoms with Gasteiger partial charge in [-0.25, -0.2) is 9.13 Å². The average Bonchev–Trinajstić information content (AvgIpc) is 2.21. The Bertz CT molecular complexity index is 348. The van der Waals surface area contributed by atoms with Crippen molar-refractivity contribution in [3.8, 4) is 0 Å². The molecule has 0 aliphatic rings. The zero-order chi connectivity index (χ0) is 17.6. The Balaban J connectivity index is 5.02. The van der Waals surface area contributed by atoms with Crippen molar-refractivity contribution in [3.63, 3.8) is 0 Å². The van der Waals surface area contributed by atoms with Gasteiger partial charge < -0.3 is 0 Å². The lowest BCUT2D eigenvalue weighted by Crippen LogP contribution is -2.07. The zero-order valence-corrected chi connectivity index (χ0v) is 17.9. The molecule has 0 amide bonds. The van der Waals surface area contributed by atoms with Crippen LogP contribution in [0.2, 0.25) is 0 Å². The minimum Gasteiger partial charge on any atom is -0.297 e. The molecule has 0 aliphatic heterocycles. The van der Waals surface area contributed by atoms with Gasteiger partial charge in [0, 0.05) is 20.8 Å². The predicted molar refractivity (Wildman–Crippen MR) is 95.3 cm³/mol. The summed E-state index contributed by atoms with van der Waals surface area (Å²) in [5.41, 5.74) is 0. The van der Waals surface area contributed by atoms with Gasteiger partial charge >= 0.3 is 13.6 Å². The molecule has 0 saturated heterocycles. The monoisotopic (exact) mass is 394 g/mol. The first-order valence-electron chi connectivity index (χ1n) is 7.19. The summed E-state index contributed by atoms with van der Waals surface area (Å²) >= 11 is 0. The molecule has 0 aromatic rings. The van der Waals surface area contributed by atoms with Crippen molar-refractivity contribution >= 4 is 34.4 Å². The van der Waals surface area contributed by atoms with Crippen LogP contribution >= 0.6 is 34.4 Å². The van der Waals surface area contributed by atoms with Crippen LogP contribution in [0.4, 0.5) is 0 Å². The number of hydrogen-bond acceptors (Lipinski definition) is 8. The minimum absolute atomic E-state index is 0.283. The van der Waals surface area contributed by atoms with Gasteiger partial charge in [-0.3, -0.25) is 18.1 Å². The Kier molecular flexibility index (Phi) is 10.6. The highest BCUT2D eigenvalue weighted by Gasteiger charge is 2.37. The highest BCUT2D eigenvalue weighted by Crippen LogP contribution is 2.78. The molecule has 0 unspecified atom stereocenters. The molecule has 0 spiro atoms. The predicted octanol–water partition coefficient (Wildman–Crippen LogP) is 6.28. The van der Waals surface area contributed by atoms with Crippen LogP contribution in [0.15, 0.2) is 0 Å². The van der Waals surface area contributed by atoms with Crippen molar-refractivity contribution in [2.24, 2.45) is 0 Å². The van der Waals surface area contributed by atoms with Crippen LogP contribution in [0.3, 0.4) is 0 Å². The highest BCUT2D eigenvalue weighted by molar-refractivity contribution is 9.12. The van der Waals surface area contributed by atoms with Gasteiger partial charge in [-0.05, 0) is 55.4 Å². The second kappa shape index (κ2) is 10.1. The molecule has 0 bridgehead atoms. The van der Waals surface area contributed by atoms with Crippen LogP contribution in [0.5, 0.6) is 0 Å². The van der Waals surface area contributed by atoms with E-state index in [1.54, 1.807) is 55.4 Å². The lowest BCUT2D eigenvalue weighted by atomic mass is 10.5. The topological polar surface area (TPSA) is 71.1 Å². The largest absolute Gasteiger partial charge is 0.400 e. The fraction of sp³-hybridized carbons (Fsp3) is 1.00. The third-order valence-corrected chi connectivity index (χ3v) is 12.7. The van der Waals surface area contributed by atoms with E-state index in [1.807, 2.05) is 0 Å². The van der Waals surface area contributed by atoms with E-state index < -0.39 is 13.6 Å². The summed E-state index contributed by atoms with van der Waals surface area (Å²) in [4.78, 5) is 0. The molecule has 0 aliphatic carbocycles. The minimum atomic E-state index is -3.47. The summed E-state index contributed by atoms with van der Waals surface area (Å²) in [5.74, 6) is 0. The van der Waals surface area contributed by atoms with Crippen molar-refractivity contribution in [2.75, 3.05) is 0 Å². The fourth-order valence-electron chi connectivity index (χ4n) is 1.23. The summed E-state index contributed by atoms with van der Waals surface area (Å²) in [6, 6.07) is 0. The van der Waals surface area contributed by atoms with Gasteiger partial charge in [0.15, 0.2) is 0 Å². The molecule has 0 radical (unpaired) electrons. The molecular formula is C12H28O6P2S2.